The molecule has 31 heavy (non-hydrogen) atoms. The molecule has 2 heterocycles. The van der Waals surface area contributed by atoms with Crippen LogP contribution in [-0.2, 0) is 6.54 Å². The maximum absolute atomic E-state index is 14.1. The second kappa shape index (κ2) is 7.67. The molecule has 0 amide bonds. The zero-order valence-corrected chi connectivity index (χ0v) is 17.6. The maximum Gasteiger partial charge on any atom is 0.278 e. The molecule has 154 valence electrons. The van der Waals surface area contributed by atoms with Crippen LogP contribution >= 0.6 is 11.6 Å². The molecule has 1 unspecified atom stereocenters. The predicted molar refractivity (Wildman–Crippen MR) is 122 cm³/mol. The summed E-state index contributed by atoms with van der Waals surface area (Å²) in [6, 6.07) is 21.6. The maximum atomic E-state index is 14.1. The van der Waals surface area contributed by atoms with Crippen molar-refractivity contribution >= 4 is 33.5 Å². The molecule has 0 bridgehead atoms. The van der Waals surface area contributed by atoms with E-state index in [1.807, 2.05) is 66.1 Å². The highest BCUT2D eigenvalue weighted by molar-refractivity contribution is 6.31. The first kappa shape index (κ1) is 19.5. The van der Waals surface area contributed by atoms with Crippen molar-refractivity contribution < 1.29 is 4.39 Å². The number of rotatable bonds is 4. The van der Waals surface area contributed by atoms with Gasteiger partial charge >= 0.3 is 0 Å². The Balaban J connectivity index is 1.79. The van der Waals surface area contributed by atoms with Crippen molar-refractivity contribution in [2.24, 2.45) is 0 Å². The van der Waals surface area contributed by atoms with Gasteiger partial charge in [-0.25, -0.2) is 9.37 Å². The number of halogens is 2. The van der Waals surface area contributed by atoms with Gasteiger partial charge in [0.15, 0.2) is 0 Å². The molecule has 0 fully saturated rings. The van der Waals surface area contributed by atoms with Gasteiger partial charge in [0.25, 0.3) is 5.56 Å². The minimum absolute atomic E-state index is 0.176. The number of hydrogen-bond acceptors (Lipinski definition) is 2. The Bertz CT molecular complexity index is 1470. The van der Waals surface area contributed by atoms with Crippen LogP contribution < -0.4 is 5.56 Å². The number of nitrogens with zero attached hydrogens (tertiary/aromatic N) is 3. The monoisotopic (exact) mass is 431 g/mol. The van der Waals surface area contributed by atoms with Crippen LogP contribution in [0.3, 0.4) is 0 Å². The number of aromatic nitrogens is 3. The minimum Gasteiger partial charge on any atom is -0.330 e. The van der Waals surface area contributed by atoms with Gasteiger partial charge in [0.1, 0.15) is 16.9 Å². The summed E-state index contributed by atoms with van der Waals surface area (Å²) in [5.41, 5.74) is 3.37. The average molecular weight is 432 g/mol. The lowest BCUT2D eigenvalue weighted by Gasteiger charge is -2.16. The highest BCUT2D eigenvalue weighted by atomic mass is 35.5. The Morgan fingerprint density at radius 2 is 1.77 bits per heavy atom. The topological polar surface area (TPSA) is 39.8 Å². The van der Waals surface area contributed by atoms with E-state index in [0.717, 1.165) is 16.6 Å². The van der Waals surface area contributed by atoms with Crippen LogP contribution in [0.15, 0.2) is 83.9 Å². The first-order chi connectivity index (χ1) is 15.0. The van der Waals surface area contributed by atoms with Crippen molar-refractivity contribution in [1.29, 1.82) is 0 Å². The lowest BCUT2D eigenvalue weighted by atomic mass is 10.1. The van der Waals surface area contributed by atoms with Crippen molar-refractivity contribution in [3.63, 3.8) is 0 Å². The fraction of sp³-hybridized carbons (Fsp3) is 0.120. The fourth-order valence-corrected chi connectivity index (χ4v) is 4.28. The van der Waals surface area contributed by atoms with Crippen molar-refractivity contribution in [3.8, 4) is 0 Å². The van der Waals surface area contributed by atoms with E-state index in [1.165, 1.54) is 12.1 Å². The zero-order valence-electron chi connectivity index (χ0n) is 16.8. The second-order valence-electron chi connectivity index (χ2n) is 7.58. The average Bonchev–Trinajstić information content (AvgIpc) is 3.09. The van der Waals surface area contributed by atoms with Gasteiger partial charge in [-0.3, -0.25) is 9.36 Å². The van der Waals surface area contributed by atoms with Gasteiger partial charge in [-0.2, -0.15) is 0 Å². The molecule has 0 aliphatic rings. The number of fused-ring (bicyclic) bond motifs is 3. The molecule has 1 atom stereocenters. The summed E-state index contributed by atoms with van der Waals surface area (Å²) < 4.78 is 17.6. The summed E-state index contributed by atoms with van der Waals surface area (Å²) in [6.45, 7) is 2.34. The third-order valence-corrected chi connectivity index (χ3v) is 6.10. The van der Waals surface area contributed by atoms with E-state index in [1.54, 1.807) is 17.0 Å². The highest BCUT2D eigenvalue weighted by Gasteiger charge is 2.20. The molecule has 6 heteroatoms. The molecule has 0 saturated heterocycles. The third kappa shape index (κ3) is 3.31. The third-order valence-electron chi connectivity index (χ3n) is 5.73. The minimum atomic E-state index is -0.368. The molecule has 0 N–H and O–H groups in total. The number of hydrogen-bond donors (Lipinski definition) is 0. The molecule has 5 rings (SSSR count). The van der Waals surface area contributed by atoms with Gasteiger partial charge in [0, 0.05) is 17.0 Å². The molecule has 0 radical (unpaired) electrons. The van der Waals surface area contributed by atoms with Crippen molar-refractivity contribution in [2.75, 3.05) is 0 Å². The van der Waals surface area contributed by atoms with Crippen LogP contribution in [0.2, 0.25) is 5.02 Å². The molecule has 5 aromatic rings. The van der Waals surface area contributed by atoms with Crippen molar-refractivity contribution in [1.82, 2.24) is 14.1 Å². The molecular formula is C25H19ClFN3O. The molecule has 0 aliphatic heterocycles. The normalized spacial score (nSPS) is 12.5. The van der Waals surface area contributed by atoms with Gasteiger partial charge in [-0.1, -0.05) is 60.1 Å². The van der Waals surface area contributed by atoms with Gasteiger partial charge in [0.05, 0.1) is 17.9 Å². The fourth-order valence-electron chi connectivity index (χ4n) is 4.08. The summed E-state index contributed by atoms with van der Waals surface area (Å²) in [6.07, 6.45) is 1.55. The van der Waals surface area contributed by atoms with Gasteiger partial charge in [0.2, 0.25) is 0 Å². The number of benzene rings is 3. The first-order valence-corrected chi connectivity index (χ1v) is 10.4. The van der Waals surface area contributed by atoms with E-state index in [4.69, 9.17) is 11.6 Å². The molecule has 0 saturated carbocycles. The second-order valence-corrected chi connectivity index (χ2v) is 7.99. The van der Waals surface area contributed by atoms with Gasteiger partial charge in [-0.15, -0.1) is 0 Å². The van der Waals surface area contributed by atoms with Crippen molar-refractivity contribution in [3.05, 3.63) is 111 Å². The Hall–Kier alpha value is -3.44. The lowest BCUT2D eigenvalue weighted by Crippen LogP contribution is -2.26. The molecule has 0 spiro atoms. The Labute approximate surface area is 183 Å². The van der Waals surface area contributed by atoms with E-state index >= 15 is 0 Å². The van der Waals surface area contributed by atoms with E-state index in [-0.39, 0.29) is 17.4 Å². The van der Waals surface area contributed by atoms with Gasteiger partial charge < -0.3 is 4.57 Å². The molecule has 0 aliphatic carbocycles. The Kier molecular flexibility index (Phi) is 4.83. The largest absolute Gasteiger partial charge is 0.330 e. The highest BCUT2D eigenvalue weighted by Crippen LogP contribution is 2.29. The SMILES string of the molecule is CC(c1ccccc1)n1cnc2c3cc(F)ccc3n(Cc3ccccc3Cl)c2c1=O. The lowest BCUT2D eigenvalue weighted by molar-refractivity contribution is 0.606. The summed E-state index contributed by atoms with van der Waals surface area (Å²) in [7, 11) is 0. The van der Waals surface area contributed by atoms with Crippen LogP contribution in [0.25, 0.3) is 21.9 Å². The van der Waals surface area contributed by atoms with Crippen LogP contribution in [0.5, 0.6) is 0 Å². The molecule has 3 aromatic carbocycles. The summed E-state index contributed by atoms with van der Waals surface area (Å²) in [5, 5.41) is 1.22. The van der Waals surface area contributed by atoms with Crippen LogP contribution in [-0.4, -0.2) is 14.1 Å². The van der Waals surface area contributed by atoms with Crippen molar-refractivity contribution in [2.45, 2.75) is 19.5 Å². The predicted octanol–water partition coefficient (Wildman–Crippen LogP) is 5.80. The van der Waals surface area contributed by atoms with Crippen LogP contribution in [0.4, 0.5) is 4.39 Å². The Morgan fingerprint density at radius 1 is 1.03 bits per heavy atom. The quantitative estimate of drug-likeness (QED) is 0.360. The molecule has 2 aromatic heterocycles. The zero-order chi connectivity index (χ0) is 21.5. The standard InChI is InChI=1S/C25H19ClFN3O/c1-16(17-7-3-2-4-8-17)30-15-28-23-20-13-19(27)11-12-22(20)29(24(23)25(30)31)14-18-9-5-6-10-21(18)26/h2-13,15-16H,14H2,1H3. The van der Waals surface area contributed by atoms with Crippen LogP contribution in [0, 0.1) is 5.82 Å². The van der Waals surface area contributed by atoms with Crippen LogP contribution in [0.1, 0.15) is 24.1 Å². The first-order valence-electron chi connectivity index (χ1n) is 10.0. The van der Waals surface area contributed by atoms with E-state index in [0.29, 0.717) is 28.0 Å². The molecular weight excluding hydrogens is 413 g/mol. The van der Waals surface area contributed by atoms with E-state index < -0.39 is 0 Å². The Morgan fingerprint density at radius 3 is 2.55 bits per heavy atom. The summed E-state index contributed by atoms with van der Waals surface area (Å²) >= 11 is 6.40. The smallest absolute Gasteiger partial charge is 0.278 e. The summed E-state index contributed by atoms with van der Waals surface area (Å²) in [4.78, 5) is 18.3. The molecule has 4 nitrogen and oxygen atoms in total. The van der Waals surface area contributed by atoms with E-state index in [9.17, 15) is 9.18 Å². The van der Waals surface area contributed by atoms with E-state index in [2.05, 4.69) is 4.98 Å². The van der Waals surface area contributed by atoms with Gasteiger partial charge in [-0.05, 0) is 42.3 Å². The summed E-state index contributed by atoms with van der Waals surface area (Å²) in [5.74, 6) is -0.368.